The van der Waals surface area contributed by atoms with Gasteiger partial charge in [0.1, 0.15) is 6.33 Å². The molecule has 0 amide bonds. The number of aryl methyl sites for hydroxylation is 1. The zero-order valence-corrected chi connectivity index (χ0v) is 12.5. The van der Waals surface area contributed by atoms with Gasteiger partial charge in [0.2, 0.25) is 5.75 Å². The zero-order chi connectivity index (χ0) is 14.5. The van der Waals surface area contributed by atoms with Crippen LogP contribution in [0, 0.1) is 6.92 Å². The predicted molar refractivity (Wildman–Crippen MR) is 82.2 cm³/mol. The highest BCUT2D eigenvalue weighted by atomic mass is 35.5. The highest BCUT2D eigenvalue weighted by Crippen LogP contribution is 2.34. The zero-order valence-electron chi connectivity index (χ0n) is 11.7. The number of rotatable bonds is 5. The topological polar surface area (TPSA) is 59.1 Å². The fourth-order valence-corrected chi connectivity index (χ4v) is 2.13. The van der Waals surface area contributed by atoms with Gasteiger partial charge in [-0.05, 0) is 25.5 Å². The summed E-state index contributed by atoms with van der Waals surface area (Å²) in [5.41, 5.74) is 1.84. The fraction of sp³-hybridized carbons (Fsp3) is 0.286. The Morgan fingerprint density at radius 1 is 1.25 bits per heavy atom. The van der Waals surface area contributed by atoms with Crippen LogP contribution in [0.1, 0.15) is 12.5 Å². The Balaban J connectivity index is 2.41. The summed E-state index contributed by atoms with van der Waals surface area (Å²) in [6.07, 6.45) is 1.48. The minimum absolute atomic E-state index is 0.564. The van der Waals surface area contributed by atoms with Crippen molar-refractivity contribution in [2.45, 2.75) is 13.8 Å². The first-order valence-corrected chi connectivity index (χ1v) is 6.70. The molecule has 1 heterocycles. The van der Waals surface area contributed by atoms with Crippen molar-refractivity contribution in [3.8, 4) is 5.75 Å². The number of hydrogen-bond donors (Lipinski definition) is 2. The van der Waals surface area contributed by atoms with Gasteiger partial charge in [-0.25, -0.2) is 9.97 Å². The number of nitrogens with one attached hydrogen (secondary N) is 2. The molecule has 0 saturated heterocycles. The highest BCUT2D eigenvalue weighted by molar-refractivity contribution is 6.33. The number of anilines is 3. The second kappa shape index (κ2) is 6.43. The highest BCUT2D eigenvalue weighted by Gasteiger charge is 2.13. The Bertz CT molecular complexity index is 583. The molecule has 0 radical (unpaired) electrons. The van der Waals surface area contributed by atoms with Crippen molar-refractivity contribution in [3.63, 3.8) is 0 Å². The standard InChI is InChI=1S/C14H17ClN4O/c1-4-16-13-12(20-3)14(18-8-17-13)19-11-9(2)6-5-7-10(11)15/h5-8H,4H2,1-3H3,(H2,16,17,18,19). The monoisotopic (exact) mass is 292 g/mol. The lowest BCUT2D eigenvalue weighted by Gasteiger charge is -2.15. The molecule has 2 aromatic rings. The molecule has 106 valence electrons. The van der Waals surface area contributed by atoms with Crippen LogP contribution < -0.4 is 15.4 Å². The summed E-state index contributed by atoms with van der Waals surface area (Å²) >= 11 is 6.21. The van der Waals surface area contributed by atoms with E-state index in [-0.39, 0.29) is 0 Å². The SMILES string of the molecule is CCNc1ncnc(Nc2c(C)cccc2Cl)c1OC. The van der Waals surface area contributed by atoms with Crippen molar-refractivity contribution in [1.82, 2.24) is 9.97 Å². The van der Waals surface area contributed by atoms with E-state index >= 15 is 0 Å². The molecule has 0 aliphatic rings. The van der Waals surface area contributed by atoms with Crippen LogP contribution in [-0.4, -0.2) is 23.6 Å². The summed E-state index contributed by atoms with van der Waals surface area (Å²) < 4.78 is 5.39. The summed E-state index contributed by atoms with van der Waals surface area (Å²) in [4.78, 5) is 8.39. The van der Waals surface area contributed by atoms with Gasteiger partial charge in [-0.2, -0.15) is 0 Å². The first kappa shape index (κ1) is 14.4. The second-order valence-electron chi connectivity index (χ2n) is 4.19. The first-order valence-electron chi connectivity index (χ1n) is 6.32. The molecule has 6 heteroatoms. The maximum absolute atomic E-state index is 6.21. The van der Waals surface area contributed by atoms with Crippen LogP contribution in [0.5, 0.6) is 5.75 Å². The van der Waals surface area contributed by atoms with Crippen LogP contribution in [0.15, 0.2) is 24.5 Å². The molecule has 2 N–H and O–H groups in total. The Kier molecular flexibility index (Phi) is 4.63. The summed E-state index contributed by atoms with van der Waals surface area (Å²) in [6.45, 7) is 4.72. The number of halogens is 1. The van der Waals surface area contributed by atoms with Gasteiger partial charge < -0.3 is 15.4 Å². The van der Waals surface area contributed by atoms with E-state index in [1.54, 1.807) is 7.11 Å². The average Bonchev–Trinajstić information content (AvgIpc) is 2.43. The van der Waals surface area contributed by atoms with Crippen molar-refractivity contribution in [2.75, 3.05) is 24.3 Å². The lowest BCUT2D eigenvalue weighted by Crippen LogP contribution is -2.06. The molecular formula is C14H17ClN4O. The maximum Gasteiger partial charge on any atom is 0.204 e. The van der Waals surface area contributed by atoms with Gasteiger partial charge in [-0.3, -0.25) is 0 Å². The Labute approximate surface area is 123 Å². The van der Waals surface area contributed by atoms with E-state index in [0.717, 1.165) is 17.8 Å². The number of ether oxygens (including phenoxy) is 1. The quantitative estimate of drug-likeness (QED) is 0.881. The van der Waals surface area contributed by atoms with Crippen molar-refractivity contribution in [3.05, 3.63) is 35.1 Å². The van der Waals surface area contributed by atoms with Gasteiger partial charge >= 0.3 is 0 Å². The van der Waals surface area contributed by atoms with Gasteiger partial charge in [-0.15, -0.1) is 0 Å². The molecule has 0 fully saturated rings. The Hall–Kier alpha value is -2.01. The third-order valence-electron chi connectivity index (χ3n) is 2.82. The minimum Gasteiger partial charge on any atom is -0.490 e. The number of para-hydroxylation sites is 1. The third-order valence-corrected chi connectivity index (χ3v) is 3.13. The fourth-order valence-electron chi connectivity index (χ4n) is 1.86. The largest absolute Gasteiger partial charge is 0.490 e. The van der Waals surface area contributed by atoms with E-state index in [4.69, 9.17) is 16.3 Å². The molecule has 0 aliphatic heterocycles. The third kappa shape index (κ3) is 2.93. The number of aromatic nitrogens is 2. The molecule has 1 aromatic heterocycles. The van der Waals surface area contributed by atoms with Crippen molar-refractivity contribution in [2.24, 2.45) is 0 Å². The molecule has 0 saturated carbocycles. The van der Waals surface area contributed by atoms with Crippen LogP contribution in [0.3, 0.4) is 0 Å². The Morgan fingerprint density at radius 2 is 2.00 bits per heavy atom. The summed E-state index contributed by atoms with van der Waals surface area (Å²) in [7, 11) is 1.59. The van der Waals surface area contributed by atoms with Crippen LogP contribution in [0.2, 0.25) is 5.02 Å². The van der Waals surface area contributed by atoms with E-state index in [1.165, 1.54) is 6.33 Å². The second-order valence-corrected chi connectivity index (χ2v) is 4.60. The summed E-state index contributed by atoms with van der Waals surface area (Å²) in [5, 5.41) is 6.98. The lowest BCUT2D eigenvalue weighted by molar-refractivity contribution is 0.415. The van der Waals surface area contributed by atoms with Crippen LogP contribution in [0.4, 0.5) is 17.3 Å². The van der Waals surface area contributed by atoms with Gasteiger partial charge in [0.25, 0.3) is 0 Å². The maximum atomic E-state index is 6.21. The number of nitrogens with zero attached hydrogens (tertiary/aromatic N) is 2. The smallest absolute Gasteiger partial charge is 0.204 e. The van der Waals surface area contributed by atoms with Crippen molar-refractivity contribution in [1.29, 1.82) is 0 Å². The number of hydrogen-bond acceptors (Lipinski definition) is 5. The van der Waals surface area contributed by atoms with Gasteiger partial charge in [0.15, 0.2) is 11.6 Å². The molecule has 5 nitrogen and oxygen atoms in total. The van der Waals surface area contributed by atoms with E-state index in [9.17, 15) is 0 Å². The summed E-state index contributed by atoms with van der Waals surface area (Å²) in [5.74, 6) is 1.79. The summed E-state index contributed by atoms with van der Waals surface area (Å²) in [6, 6.07) is 5.72. The van der Waals surface area contributed by atoms with Crippen LogP contribution >= 0.6 is 11.6 Å². The molecular weight excluding hydrogens is 276 g/mol. The molecule has 20 heavy (non-hydrogen) atoms. The molecule has 2 rings (SSSR count). The molecule has 0 spiro atoms. The van der Waals surface area contributed by atoms with Gasteiger partial charge in [-0.1, -0.05) is 23.7 Å². The molecule has 0 aliphatic carbocycles. The van der Waals surface area contributed by atoms with Crippen molar-refractivity contribution >= 4 is 28.9 Å². The molecule has 0 atom stereocenters. The lowest BCUT2D eigenvalue weighted by atomic mass is 10.2. The van der Waals surface area contributed by atoms with Crippen molar-refractivity contribution < 1.29 is 4.74 Å². The van der Waals surface area contributed by atoms with Crippen LogP contribution in [0.25, 0.3) is 0 Å². The predicted octanol–water partition coefficient (Wildman–Crippen LogP) is 3.62. The molecule has 1 aromatic carbocycles. The molecule has 0 bridgehead atoms. The van der Waals surface area contributed by atoms with Crippen LogP contribution in [-0.2, 0) is 0 Å². The molecule has 0 unspecified atom stereocenters. The number of methoxy groups -OCH3 is 1. The minimum atomic E-state index is 0.564. The van der Waals surface area contributed by atoms with E-state index in [1.807, 2.05) is 32.0 Å². The average molecular weight is 293 g/mol. The number of benzene rings is 1. The first-order chi connectivity index (χ1) is 9.67. The van der Waals surface area contributed by atoms with Gasteiger partial charge in [0, 0.05) is 6.54 Å². The Morgan fingerprint density at radius 3 is 2.65 bits per heavy atom. The van der Waals surface area contributed by atoms with E-state index < -0.39 is 0 Å². The normalized spacial score (nSPS) is 10.2. The van der Waals surface area contributed by atoms with E-state index in [2.05, 4.69) is 20.6 Å². The van der Waals surface area contributed by atoms with E-state index in [0.29, 0.717) is 22.4 Å². The van der Waals surface area contributed by atoms with Gasteiger partial charge in [0.05, 0.1) is 17.8 Å².